The zero-order valence-corrected chi connectivity index (χ0v) is 18.1. The minimum absolute atomic E-state index is 0.133. The molecule has 0 aliphatic heterocycles. The first kappa shape index (κ1) is 19.7. The fourth-order valence-electron chi connectivity index (χ4n) is 3.70. The predicted octanol–water partition coefficient (Wildman–Crippen LogP) is 5.27. The molecule has 0 atom stereocenters. The zero-order valence-electron chi connectivity index (χ0n) is 16.5. The van der Waals surface area contributed by atoms with E-state index >= 15 is 0 Å². The molecular formula is C23H23BrN2O3. The molecule has 1 saturated carbocycles. The molecule has 1 aromatic carbocycles. The molecule has 5 nitrogen and oxygen atoms in total. The quantitative estimate of drug-likeness (QED) is 0.526. The first-order chi connectivity index (χ1) is 14.1. The Hall–Kier alpha value is -2.60. The molecule has 1 aliphatic carbocycles. The molecule has 29 heavy (non-hydrogen) atoms. The van der Waals surface area contributed by atoms with Gasteiger partial charge in [-0.3, -0.25) is 9.20 Å². The van der Waals surface area contributed by atoms with E-state index in [2.05, 4.69) is 20.9 Å². The Kier molecular flexibility index (Phi) is 5.72. The topological polar surface area (TPSA) is 52.8 Å². The molecule has 1 fully saturated rings. The van der Waals surface area contributed by atoms with Crippen LogP contribution in [0.5, 0.6) is 11.5 Å². The van der Waals surface area contributed by atoms with Gasteiger partial charge in [-0.2, -0.15) is 0 Å². The predicted molar refractivity (Wildman–Crippen MR) is 119 cm³/mol. The highest BCUT2D eigenvalue weighted by Crippen LogP contribution is 2.36. The van der Waals surface area contributed by atoms with Gasteiger partial charge in [0, 0.05) is 11.8 Å². The van der Waals surface area contributed by atoms with Gasteiger partial charge in [0.15, 0.2) is 11.5 Å². The summed E-state index contributed by atoms with van der Waals surface area (Å²) in [7, 11) is 1.65. The smallest absolute Gasteiger partial charge is 0.272 e. The van der Waals surface area contributed by atoms with Crippen LogP contribution in [0, 0.1) is 6.92 Å². The number of ether oxygens (including phenoxy) is 2. The summed E-state index contributed by atoms with van der Waals surface area (Å²) in [5, 5.41) is 0. The van der Waals surface area contributed by atoms with E-state index in [0.29, 0.717) is 21.6 Å². The van der Waals surface area contributed by atoms with Crippen molar-refractivity contribution in [2.75, 3.05) is 7.11 Å². The molecule has 0 spiro atoms. The Morgan fingerprint density at radius 2 is 1.97 bits per heavy atom. The number of hydrogen-bond donors (Lipinski definition) is 0. The van der Waals surface area contributed by atoms with E-state index < -0.39 is 0 Å². The number of hydrogen-bond acceptors (Lipinski definition) is 4. The van der Waals surface area contributed by atoms with Crippen molar-refractivity contribution in [3.05, 3.63) is 68.2 Å². The van der Waals surface area contributed by atoms with E-state index in [4.69, 9.17) is 9.47 Å². The Morgan fingerprint density at radius 3 is 2.72 bits per heavy atom. The highest BCUT2D eigenvalue weighted by molar-refractivity contribution is 9.10. The fraction of sp³-hybridized carbons (Fsp3) is 0.304. The van der Waals surface area contributed by atoms with Gasteiger partial charge in [0.1, 0.15) is 10.1 Å². The molecule has 4 rings (SSSR count). The van der Waals surface area contributed by atoms with Crippen LogP contribution in [0.1, 0.15) is 42.5 Å². The van der Waals surface area contributed by atoms with Gasteiger partial charge in [-0.1, -0.05) is 18.2 Å². The van der Waals surface area contributed by atoms with E-state index in [-0.39, 0.29) is 11.7 Å². The summed E-state index contributed by atoms with van der Waals surface area (Å²) in [6, 6.07) is 9.61. The van der Waals surface area contributed by atoms with Gasteiger partial charge in [0.05, 0.1) is 18.9 Å². The van der Waals surface area contributed by atoms with Crippen LogP contribution in [0.25, 0.3) is 17.8 Å². The summed E-state index contributed by atoms with van der Waals surface area (Å²) in [4.78, 5) is 17.4. The Bertz CT molecular complexity index is 1130. The second kappa shape index (κ2) is 8.41. The van der Waals surface area contributed by atoms with Crippen molar-refractivity contribution in [2.24, 2.45) is 0 Å². The molecule has 150 valence electrons. The van der Waals surface area contributed by atoms with Crippen LogP contribution in [-0.2, 0) is 0 Å². The third kappa shape index (κ3) is 3.94. The fourth-order valence-corrected chi connectivity index (χ4v) is 4.11. The molecule has 1 aliphatic rings. The first-order valence-electron chi connectivity index (χ1n) is 9.77. The van der Waals surface area contributed by atoms with E-state index in [9.17, 15) is 4.79 Å². The van der Waals surface area contributed by atoms with Crippen molar-refractivity contribution in [3.8, 4) is 11.5 Å². The molecule has 0 radical (unpaired) electrons. The zero-order chi connectivity index (χ0) is 20.4. The maximum Gasteiger partial charge on any atom is 0.272 e. The van der Waals surface area contributed by atoms with Gasteiger partial charge in [0.2, 0.25) is 0 Å². The van der Waals surface area contributed by atoms with Crippen molar-refractivity contribution < 1.29 is 9.47 Å². The molecule has 0 unspecified atom stereocenters. The first-order valence-corrected chi connectivity index (χ1v) is 10.6. The molecule has 3 aromatic rings. The van der Waals surface area contributed by atoms with Gasteiger partial charge in [0.25, 0.3) is 5.56 Å². The normalized spacial score (nSPS) is 14.7. The Labute approximate surface area is 178 Å². The van der Waals surface area contributed by atoms with E-state index in [0.717, 1.165) is 29.7 Å². The number of halogens is 1. The number of aryl methyl sites for hydroxylation is 1. The average molecular weight is 455 g/mol. The lowest BCUT2D eigenvalue weighted by atomic mass is 10.1. The van der Waals surface area contributed by atoms with Gasteiger partial charge in [-0.25, -0.2) is 4.98 Å². The third-order valence-electron chi connectivity index (χ3n) is 5.26. The minimum Gasteiger partial charge on any atom is -0.493 e. The monoisotopic (exact) mass is 454 g/mol. The second-order valence-corrected chi connectivity index (χ2v) is 8.03. The number of rotatable bonds is 5. The van der Waals surface area contributed by atoms with Gasteiger partial charge in [-0.15, -0.1) is 0 Å². The molecule has 2 heterocycles. The summed E-state index contributed by atoms with van der Waals surface area (Å²) in [5.41, 5.74) is 2.94. The lowest BCUT2D eigenvalue weighted by Crippen LogP contribution is -2.17. The standard InChI is InChI=1S/C23H23BrN2O3/c1-15-7-6-14-26-22(15)25-18(20(24)23(26)27)13-12-16-8-5-11-19(28-2)21(16)29-17-9-3-4-10-17/h5-8,11-14,17H,3-4,9-10H2,1-2H3. The van der Waals surface area contributed by atoms with Gasteiger partial charge >= 0.3 is 0 Å². The molecule has 6 heteroatoms. The van der Waals surface area contributed by atoms with Crippen LogP contribution in [0.3, 0.4) is 0 Å². The number of para-hydroxylation sites is 1. The summed E-state index contributed by atoms with van der Waals surface area (Å²) >= 11 is 3.41. The molecule has 2 aromatic heterocycles. The van der Waals surface area contributed by atoms with Crippen molar-refractivity contribution in [3.63, 3.8) is 0 Å². The number of fused-ring (bicyclic) bond motifs is 1. The maximum atomic E-state index is 12.7. The van der Waals surface area contributed by atoms with Crippen LogP contribution in [-0.4, -0.2) is 22.6 Å². The lowest BCUT2D eigenvalue weighted by molar-refractivity contribution is 0.200. The summed E-state index contributed by atoms with van der Waals surface area (Å²) in [5.74, 6) is 1.45. The van der Waals surface area contributed by atoms with E-state index in [1.807, 2.05) is 49.4 Å². The number of methoxy groups -OCH3 is 1. The van der Waals surface area contributed by atoms with E-state index in [1.165, 1.54) is 12.8 Å². The van der Waals surface area contributed by atoms with Gasteiger partial charge in [-0.05, 0) is 78.4 Å². The summed E-state index contributed by atoms with van der Waals surface area (Å²) in [6.07, 6.45) is 10.2. The summed E-state index contributed by atoms with van der Waals surface area (Å²) < 4.78 is 13.8. The Morgan fingerprint density at radius 1 is 1.17 bits per heavy atom. The van der Waals surface area contributed by atoms with Crippen LogP contribution in [0.15, 0.2) is 45.8 Å². The number of nitrogens with zero attached hydrogens (tertiary/aromatic N) is 2. The molecule has 0 amide bonds. The molecule has 0 N–H and O–H groups in total. The number of pyridine rings is 1. The third-order valence-corrected chi connectivity index (χ3v) is 6.00. The minimum atomic E-state index is -0.133. The number of benzene rings is 1. The van der Waals surface area contributed by atoms with Crippen molar-refractivity contribution >= 4 is 33.7 Å². The SMILES string of the molecule is COc1cccc(C=Cc2nc3c(C)cccn3c(=O)c2Br)c1OC1CCCC1. The van der Waals surface area contributed by atoms with Crippen molar-refractivity contribution in [1.29, 1.82) is 0 Å². The lowest BCUT2D eigenvalue weighted by Gasteiger charge is -2.18. The largest absolute Gasteiger partial charge is 0.493 e. The maximum absolute atomic E-state index is 12.7. The Balaban J connectivity index is 1.75. The molecular weight excluding hydrogens is 432 g/mol. The molecule has 0 saturated heterocycles. The van der Waals surface area contributed by atoms with E-state index in [1.54, 1.807) is 17.7 Å². The number of aromatic nitrogens is 2. The highest BCUT2D eigenvalue weighted by Gasteiger charge is 2.20. The summed E-state index contributed by atoms with van der Waals surface area (Å²) in [6.45, 7) is 1.94. The van der Waals surface area contributed by atoms with Gasteiger partial charge < -0.3 is 9.47 Å². The van der Waals surface area contributed by atoms with Crippen molar-refractivity contribution in [2.45, 2.75) is 38.7 Å². The molecule has 0 bridgehead atoms. The van der Waals surface area contributed by atoms with Crippen LogP contribution in [0.4, 0.5) is 0 Å². The van der Waals surface area contributed by atoms with Crippen LogP contribution < -0.4 is 15.0 Å². The van der Waals surface area contributed by atoms with Crippen molar-refractivity contribution in [1.82, 2.24) is 9.38 Å². The van der Waals surface area contributed by atoms with Crippen LogP contribution in [0.2, 0.25) is 0 Å². The van der Waals surface area contributed by atoms with Crippen LogP contribution >= 0.6 is 15.9 Å². The average Bonchev–Trinajstić information content (AvgIpc) is 3.24. The second-order valence-electron chi connectivity index (χ2n) is 7.24. The highest BCUT2D eigenvalue weighted by atomic mass is 79.9.